The molecule has 1 aromatic carbocycles. The van der Waals surface area contributed by atoms with E-state index in [2.05, 4.69) is 17.2 Å². The second-order valence-corrected chi connectivity index (χ2v) is 7.24. The van der Waals surface area contributed by atoms with Crippen LogP contribution in [0.1, 0.15) is 35.8 Å². The quantitative estimate of drug-likeness (QED) is 0.846. The summed E-state index contributed by atoms with van der Waals surface area (Å²) in [7, 11) is 1.60. The zero-order valence-electron chi connectivity index (χ0n) is 15.4. The fourth-order valence-electron chi connectivity index (χ4n) is 3.05. The molecular weight excluding hydrogens is 350 g/mol. The molecule has 1 aromatic heterocycles. The van der Waals surface area contributed by atoms with Gasteiger partial charge in [-0.2, -0.15) is 0 Å². The lowest BCUT2D eigenvalue weighted by molar-refractivity contribution is 0.0691. The highest BCUT2D eigenvalue weighted by molar-refractivity contribution is 6.31. The number of hydrogen-bond donors (Lipinski definition) is 1. The van der Waals surface area contributed by atoms with Crippen molar-refractivity contribution in [3.8, 4) is 5.75 Å². The summed E-state index contributed by atoms with van der Waals surface area (Å²) in [5.74, 6) is 1.35. The first-order chi connectivity index (χ1) is 12.5. The lowest BCUT2D eigenvalue weighted by atomic mass is 9.99. The number of carbonyl (C=O) groups is 1. The van der Waals surface area contributed by atoms with E-state index < -0.39 is 0 Å². The lowest BCUT2D eigenvalue weighted by Gasteiger charge is -2.30. The number of nitrogens with zero attached hydrogens (tertiary/aromatic N) is 2. The fraction of sp³-hybridized carbons (Fsp3) is 0.400. The third-order valence-electron chi connectivity index (χ3n) is 4.81. The van der Waals surface area contributed by atoms with Gasteiger partial charge in [-0.25, -0.2) is 4.98 Å². The molecule has 0 saturated carbocycles. The molecule has 26 heavy (non-hydrogen) atoms. The highest BCUT2D eigenvalue weighted by Crippen LogP contribution is 2.33. The number of nitrogens with one attached hydrogen (secondary N) is 1. The molecule has 5 nitrogen and oxygen atoms in total. The van der Waals surface area contributed by atoms with Crippen LogP contribution in [0.25, 0.3) is 0 Å². The van der Waals surface area contributed by atoms with E-state index in [0.717, 1.165) is 42.9 Å². The van der Waals surface area contributed by atoms with Gasteiger partial charge in [0.2, 0.25) is 0 Å². The molecule has 1 amide bonds. The van der Waals surface area contributed by atoms with Gasteiger partial charge in [0.05, 0.1) is 24.7 Å². The first-order valence-electron chi connectivity index (χ1n) is 8.84. The highest BCUT2D eigenvalue weighted by Gasteiger charge is 2.22. The number of amides is 1. The van der Waals surface area contributed by atoms with Gasteiger partial charge in [0.25, 0.3) is 5.91 Å². The summed E-state index contributed by atoms with van der Waals surface area (Å²) in [5.41, 5.74) is 3.02. The summed E-state index contributed by atoms with van der Waals surface area (Å²) < 4.78 is 5.38. The Morgan fingerprint density at radius 3 is 2.65 bits per heavy atom. The van der Waals surface area contributed by atoms with E-state index in [1.807, 2.05) is 24.0 Å². The van der Waals surface area contributed by atoms with Crippen LogP contribution in [-0.4, -0.2) is 36.0 Å². The number of benzene rings is 1. The van der Waals surface area contributed by atoms with Crippen molar-refractivity contribution in [2.75, 3.05) is 25.5 Å². The maximum absolute atomic E-state index is 12.6. The molecule has 0 spiro atoms. The number of methoxy groups -OCH3 is 1. The zero-order valence-corrected chi connectivity index (χ0v) is 16.1. The van der Waals surface area contributed by atoms with Gasteiger partial charge >= 0.3 is 0 Å². The molecule has 2 heterocycles. The maximum atomic E-state index is 12.6. The molecule has 0 unspecified atom stereocenters. The Kier molecular flexibility index (Phi) is 5.67. The van der Waals surface area contributed by atoms with E-state index in [1.165, 1.54) is 0 Å². The number of likely N-dealkylation sites (tertiary alicyclic amines) is 1. The summed E-state index contributed by atoms with van der Waals surface area (Å²) in [6.45, 7) is 5.78. The Morgan fingerprint density at radius 1 is 1.31 bits per heavy atom. The maximum Gasteiger partial charge on any atom is 0.272 e. The van der Waals surface area contributed by atoms with Crippen LogP contribution in [0, 0.1) is 12.8 Å². The van der Waals surface area contributed by atoms with Crippen molar-refractivity contribution in [3.05, 3.63) is 46.7 Å². The van der Waals surface area contributed by atoms with Crippen LogP contribution in [0.5, 0.6) is 5.75 Å². The number of anilines is 2. The molecule has 1 fully saturated rings. The van der Waals surface area contributed by atoms with Crippen LogP contribution < -0.4 is 10.1 Å². The number of ether oxygens (including phenoxy) is 1. The van der Waals surface area contributed by atoms with Crippen LogP contribution in [0.2, 0.25) is 5.02 Å². The molecule has 138 valence electrons. The molecule has 2 aromatic rings. The third-order valence-corrected chi connectivity index (χ3v) is 5.22. The van der Waals surface area contributed by atoms with Gasteiger partial charge in [0.15, 0.2) is 0 Å². The highest BCUT2D eigenvalue weighted by atomic mass is 35.5. The Balaban J connectivity index is 1.72. The van der Waals surface area contributed by atoms with Crippen molar-refractivity contribution in [3.63, 3.8) is 0 Å². The SMILES string of the molecule is COc1cc(Cl)c(C)cc1Nc1ccc(C(=O)N2CCC(C)CC2)nc1. The van der Waals surface area contributed by atoms with E-state index in [1.54, 1.807) is 25.4 Å². The van der Waals surface area contributed by atoms with Crippen molar-refractivity contribution >= 4 is 28.9 Å². The Bertz CT molecular complexity index is 784. The second-order valence-electron chi connectivity index (χ2n) is 6.83. The number of halogens is 1. The van der Waals surface area contributed by atoms with Crippen LogP contribution in [0.15, 0.2) is 30.5 Å². The Morgan fingerprint density at radius 2 is 2.04 bits per heavy atom. The van der Waals surface area contributed by atoms with Crippen LogP contribution in [0.3, 0.4) is 0 Å². The summed E-state index contributed by atoms with van der Waals surface area (Å²) in [4.78, 5) is 18.8. The van der Waals surface area contributed by atoms with Gasteiger partial charge in [-0.15, -0.1) is 0 Å². The smallest absolute Gasteiger partial charge is 0.272 e. The molecule has 0 bridgehead atoms. The van der Waals surface area contributed by atoms with E-state index >= 15 is 0 Å². The Hall–Kier alpha value is -2.27. The van der Waals surface area contributed by atoms with E-state index in [4.69, 9.17) is 16.3 Å². The van der Waals surface area contributed by atoms with Crippen molar-refractivity contribution in [2.24, 2.45) is 5.92 Å². The van der Waals surface area contributed by atoms with Gasteiger partial charge in [0, 0.05) is 24.2 Å². The average molecular weight is 374 g/mol. The molecule has 1 N–H and O–H groups in total. The van der Waals surface area contributed by atoms with Crippen molar-refractivity contribution < 1.29 is 9.53 Å². The fourth-order valence-corrected chi connectivity index (χ4v) is 3.21. The minimum atomic E-state index is 0.00312. The van der Waals surface area contributed by atoms with Gasteiger partial charge in [-0.05, 0) is 49.4 Å². The number of carbonyl (C=O) groups excluding carboxylic acids is 1. The number of aryl methyl sites for hydroxylation is 1. The largest absolute Gasteiger partial charge is 0.495 e. The lowest BCUT2D eigenvalue weighted by Crippen LogP contribution is -2.38. The first-order valence-corrected chi connectivity index (χ1v) is 9.22. The molecule has 6 heteroatoms. The molecule has 1 saturated heterocycles. The van der Waals surface area contributed by atoms with Gasteiger partial charge < -0.3 is 15.0 Å². The van der Waals surface area contributed by atoms with Gasteiger partial charge in [-0.1, -0.05) is 18.5 Å². The first kappa shape index (κ1) is 18.5. The minimum Gasteiger partial charge on any atom is -0.495 e. The number of pyridine rings is 1. The minimum absolute atomic E-state index is 0.00312. The molecule has 1 aliphatic heterocycles. The van der Waals surface area contributed by atoms with E-state index in [0.29, 0.717) is 22.4 Å². The summed E-state index contributed by atoms with van der Waals surface area (Å²) in [5, 5.41) is 3.93. The van der Waals surface area contributed by atoms with E-state index in [9.17, 15) is 4.79 Å². The van der Waals surface area contributed by atoms with E-state index in [-0.39, 0.29) is 5.91 Å². The predicted molar refractivity (Wildman–Crippen MR) is 105 cm³/mol. The number of piperidine rings is 1. The molecule has 0 radical (unpaired) electrons. The molecule has 0 aliphatic carbocycles. The van der Waals surface area contributed by atoms with Crippen molar-refractivity contribution in [1.82, 2.24) is 9.88 Å². The summed E-state index contributed by atoms with van der Waals surface area (Å²) in [6, 6.07) is 7.32. The number of aromatic nitrogens is 1. The standard InChI is InChI=1S/C20H24ClN3O2/c1-13-6-8-24(9-7-13)20(25)17-5-4-15(12-22-17)23-18-10-14(2)16(21)11-19(18)26-3/h4-5,10-13,23H,6-9H2,1-3H3. The third kappa shape index (κ3) is 4.10. The number of rotatable bonds is 4. The Labute approximate surface area is 159 Å². The van der Waals surface area contributed by atoms with Gasteiger partial charge in [0.1, 0.15) is 11.4 Å². The summed E-state index contributed by atoms with van der Waals surface area (Å²) >= 11 is 6.14. The molecular formula is C20H24ClN3O2. The van der Waals surface area contributed by atoms with Crippen LogP contribution >= 0.6 is 11.6 Å². The molecule has 1 aliphatic rings. The zero-order chi connectivity index (χ0) is 18.7. The van der Waals surface area contributed by atoms with Gasteiger partial charge in [-0.3, -0.25) is 4.79 Å². The number of hydrogen-bond acceptors (Lipinski definition) is 4. The molecule has 0 atom stereocenters. The van der Waals surface area contributed by atoms with Crippen LogP contribution in [-0.2, 0) is 0 Å². The monoisotopic (exact) mass is 373 g/mol. The average Bonchev–Trinajstić information content (AvgIpc) is 2.65. The van der Waals surface area contributed by atoms with Crippen molar-refractivity contribution in [1.29, 1.82) is 0 Å². The topological polar surface area (TPSA) is 54.5 Å². The predicted octanol–water partition coefficient (Wildman–Crippen LogP) is 4.67. The second kappa shape index (κ2) is 7.96. The summed E-state index contributed by atoms with van der Waals surface area (Å²) in [6.07, 6.45) is 3.78. The van der Waals surface area contributed by atoms with Crippen LogP contribution in [0.4, 0.5) is 11.4 Å². The normalized spacial score (nSPS) is 15.0. The molecule has 3 rings (SSSR count). The van der Waals surface area contributed by atoms with Crippen molar-refractivity contribution in [2.45, 2.75) is 26.7 Å².